The Kier molecular flexibility index (Phi) is 3.01. The van der Waals surface area contributed by atoms with Crippen molar-refractivity contribution >= 4 is 5.91 Å². The fourth-order valence-electron chi connectivity index (χ4n) is 0.195. The smallest absolute Gasteiger partial charge is 0.230 e. The van der Waals surface area contributed by atoms with E-state index in [0.29, 0.717) is 0 Å². The van der Waals surface area contributed by atoms with E-state index in [-0.39, 0.29) is 5.91 Å². The quantitative estimate of drug-likeness (QED) is 0.328. The highest BCUT2D eigenvalue weighted by Gasteiger charge is 1.93. The van der Waals surface area contributed by atoms with E-state index in [1.165, 1.54) is 11.8 Å². The van der Waals surface area contributed by atoms with Gasteiger partial charge in [-0.1, -0.05) is 0 Å². The molecule has 0 fully saturated rings. The maximum atomic E-state index is 10.4. The highest BCUT2D eigenvalue weighted by atomic mass is 16.2. The maximum absolute atomic E-state index is 10.4. The van der Waals surface area contributed by atoms with Crippen molar-refractivity contribution in [3.05, 3.63) is 0 Å². The molecule has 0 spiro atoms. The van der Waals surface area contributed by atoms with Gasteiger partial charge in [0.2, 0.25) is 5.91 Å². The van der Waals surface area contributed by atoms with Gasteiger partial charge in [0.15, 0.2) is 0 Å². The molecule has 0 bridgehead atoms. The van der Waals surface area contributed by atoms with Gasteiger partial charge in [-0.3, -0.25) is 9.69 Å². The third-order valence-corrected chi connectivity index (χ3v) is 0.768. The first-order valence-electron chi connectivity index (χ1n) is 2.39. The van der Waals surface area contributed by atoms with Crippen molar-refractivity contribution in [2.24, 2.45) is 0 Å². The van der Waals surface area contributed by atoms with E-state index in [0.717, 1.165) is 0 Å². The van der Waals surface area contributed by atoms with Crippen LogP contribution in [0.25, 0.3) is 0 Å². The summed E-state index contributed by atoms with van der Waals surface area (Å²) in [4.78, 5) is 11.6. The molecular weight excluding hydrogens is 114 g/mol. The molecule has 0 aliphatic heterocycles. The number of carbonyl (C=O) groups excluding carboxylic acids is 1. The van der Waals surface area contributed by atoms with Crippen LogP contribution in [0.5, 0.6) is 0 Å². The van der Waals surface area contributed by atoms with Crippen molar-refractivity contribution in [1.82, 2.24) is 4.90 Å². The minimum absolute atomic E-state index is 0.113. The van der Waals surface area contributed by atoms with Crippen molar-refractivity contribution in [3.8, 4) is 24.3 Å². The lowest BCUT2D eigenvalue weighted by atomic mass is 10.6. The van der Waals surface area contributed by atoms with E-state index in [4.69, 9.17) is 6.42 Å². The lowest BCUT2D eigenvalue weighted by molar-refractivity contribution is -0.124. The summed E-state index contributed by atoms with van der Waals surface area (Å²) in [6.07, 6.45) is 4.82. The molecule has 9 heavy (non-hydrogen) atoms. The Bertz CT molecular complexity index is 201. The van der Waals surface area contributed by atoms with Crippen LogP contribution >= 0.6 is 0 Å². The van der Waals surface area contributed by atoms with Crippen molar-refractivity contribution in [2.75, 3.05) is 7.05 Å². The number of hydrogen-bond acceptors (Lipinski definition) is 1. The van der Waals surface area contributed by atoms with E-state index in [1.807, 2.05) is 0 Å². The molecule has 0 saturated heterocycles. The van der Waals surface area contributed by atoms with Crippen LogP contribution in [-0.4, -0.2) is 17.9 Å². The van der Waals surface area contributed by atoms with Crippen LogP contribution in [-0.2, 0) is 4.79 Å². The van der Waals surface area contributed by atoms with Crippen molar-refractivity contribution in [1.29, 1.82) is 0 Å². The lowest BCUT2D eigenvalue weighted by Gasteiger charge is -2.01. The van der Waals surface area contributed by atoms with Crippen LogP contribution in [0.15, 0.2) is 0 Å². The molecule has 46 valence electrons. The molecule has 0 aliphatic carbocycles. The molecule has 0 aromatic carbocycles. The zero-order valence-electron chi connectivity index (χ0n) is 5.43. The predicted octanol–water partition coefficient (Wildman–Crippen LogP) is 0.0588. The number of nitrogens with zero attached hydrogens (tertiary/aromatic N) is 1. The molecule has 2 heteroatoms. The molecule has 0 radical (unpaired) electrons. The summed E-state index contributed by atoms with van der Waals surface area (Å²) in [7, 11) is 1.56. The van der Waals surface area contributed by atoms with Crippen LogP contribution in [0.3, 0.4) is 0 Å². The zero-order chi connectivity index (χ0) is 7.28. The number of terminal acetylenes is 1. The molecule has 1 amide bonds. The fraction of sp³-hybridized carbons (Fsp3) is 0.286. The standard InChI is InChI=1S/C7H7NO/c1-4-5-6-8(3)7(2)9/h1H,2-3H3. The van der Waals surface area contributed by atoms with Gasteiger partial charge in [0.25, 0.3) is 0 Å². The summed E-state index contributed by atoms with van der Waals surface area (Å²) in [5, 5.41) is 0. The molecule has 0 N–H and O–H groups in total. The summed E-state index contributed by atoms with van der Waals surface area (Å²) in [6.45, 7) is 1.42. The van der Waals surface area contributed by atoms with Gasteiger partial charge >= 0.3 is 0 Å². The van der Waals surface area contributed by atoms with Crippen LogP contribution < -0.4 is 0 Å². The highest BCUT2D eigenvalue weighted by molar-refractivity contribution is 5.74. The van der Waals surface area contributed by atoms with Gasteiger partial charge in [-0.2, -0.15) is 0 Å². The van der Waals surface area contributed by atoms with Crippen LogP contribution in [0.1, 0.15) is 6.92 Å². The Labute approximate surface area is 54.8 Å². The highest BCUT2D eigenvalue weighted by Crippen LogP contribution is 1.76. The van der Waals surface area contributed by atoms with E-state index < -0.39 is 0 Å². The van der Waals surface area contributed by atoms with Crippen LogP contribution in [0.2, 0.25) is 0 Å². The minimum Gasteiger partial charge on any atom is -0.274 e. The fourth-order valence-corrected chi connectivity index (χ4v) is 0.195. The van der Waals surface area contributed by atoms with Gasteiger partial charge in [0, 0.05) is 25.9 Å². The Hall–Kier alpha value is -1.41. The third kappa shape index (κ3) is 3.20. The molecule has 0 aromatic rings. The summed E-state index contributed by atoms with van der Waals surface area (Å²) in [5.74, 6) is 4.30. The Morgan fingerprint density at radius 1 is 1.67 bits per heavy atom. The first kappa shape index (κ1) is 7.59. The summed E-state index contributed by atoms with van der Waals surface area (Å²) >= 11 is 0. The zero-order valence-corrected chi connectivity index (χ0v) is 5.43. The van der Waals surface area contributed by atoms with Crippen molar-refractivity contribution < 1.29 is 4.79 Å². The first-order chi connectivity index (χ1) is 4.18. The van der Waals surface area contributed by atoms with E-state index in [1.54, 1.807) is 7.05 Å². The van der Waals surface area contributed by atoms with Gasteiger partial charge in [-0.05, 0) is 5.92 Å². The topological polar surface area (TPSA) is 20.3 Å². The van der Waals surface area contributed by atoms with Crippen LogP contribution in [0.4, 0.5) is 0 Å². The second-order valence-corrected chi connectivity index (χ2v) is 1.46. The summed E-state index contributed by atoms with van der Waals surface area (Å²) in [6, 6.07) is 2.43. The first-order valence-corrected chi connectivity index (χ1v) is 2.39. The molecule has 0 unspecified atom stereocenters. The third-order valence-electron chi connectivity index (χ3n) is 0.768. The molecule has 0 heterocycles. The van der Waals surface area contributed by atoms with Gasteiger partial charge in [0.05, 0.1) is 0 Å². The molecular formula is C7H7NO. The number of carbonyl (C=O) groups is 1. The normalized spacial score (nSPS) is 6.33. The lowest BCUT2D eigenvalue weighted by Crippen LogP contribution is -2.16. The van der Waals surface area contributed by atoms with E-state index >= 15 is 0 Å². The largest absolute Gasteiger partial charge is 0.274 e. The Balaban J connectivity index is 3.95. The average molecular weight is 121 g/mol. The Morgan fingerprint density at radius 2 is 2.22 bits per heavy atom. The Morgan fingerprint density at radius 3 is 2.56 bits per heavy atom. The van der Waals surface area contributed by atoms with E-state index in [2.05, 4.69) is 17.9 Å². The van der Waals surface area contributed by atoms with Gasteiger partial charge in [0.1, 0.15) is 0 Å². The second-order valence-electron chi connectivity index (χ2n) is 1.46. The summed E-state index contributed by atoms with van der Waals surface area (Å²) < 4.78 is 0. The monoisotopic (exact) mass is 121 g/mol. The molecule has 0 atom stereocenters. The SMILES string of the molecule is C#CC#CN(C)C(C)=O. The average Bonchev–Trinajstić information content (AvgIpc) is 1.82. The maximum Gasteiger partial charge on any atom is 0.230 e. The van der Waals surface area contributed by atoms with E-state index in [9.17, 15) is 4.79 Å². The van der Waals surface area contributed by atoms with Gasteiger partial charge in [-0.15, -0.1) is 6.42 Å². The molecule has 0 aliphatic rings. The van der Waals surface area contributed by atoms with Crippen molar-refractivity contribution in [3.63, 3.8) is 0 Å². The number of amides is 1. The predicted molar refractivity (Wildman–Crippen MR) is 35.1 cm³/mol. The second kappa shape index (κ2) is 3.57. The molecule has 0 rings (SSSR count). The van der Waals surface area contributed by atoms with Gasteiger partial charge < -0.3 is 0 Å². The molecule has 0 saturated carbocycles. The summed E-state index contributed by atoms with van der Waals surface area (Å²) in [5.41, 5.74) is 0. The minimum atomic E-state index is -0.113. The van der Waals surface area contributed by atoms with Crippen molar-refractivity contribution in [2.45, 2.75) is 6.92 Å². The number of hydrogen-bond donors (Lipinski definition) is 0. The van der Waals surface area contributed by atoms with Crippen LogP contribution in [0, 0.1) is 24.3 Å². The number of rotatable bonds is 0. The van der Waals surface area contributed by atoms with Gasteiger partial charge in [-0.25, -0.2) is 0 Å². The molecule has 2 nitrogen and oxygen atoms in total. The molecule has 0 aromatic heterocycles.